The number of aliphatic hydroxyl groups is 1. The van der Waals surface area contributed by atoms with Crippen molar-refractivity contribution in [2.24, 2.45) is 0 Å². The first-order valence-corrected chi connectivity index (χ1v) is 6.36. The summed E-state index contributed by atoms with van der Waals surface area (Å²) in [5.41, 5.74) is 2.50. The van der Waals surface area contributed by atoms with Crippen LogP contribution < -0.4 is 4.74 Å². The fraction of sp³-hybridized carbons (Fsp3) is 0.571. The molecule has 0 aromatic heterocycles. The lowest BCUT2D eigenvalue weighted by atomic mass is 9.86. The van der Waals surface area contributed by atoms with Gasteiger partial charge in [0, 0.05) is 0 Å². The summed E-state index contributed by atoms with van der Waals surface area (Å²) >= 11 is 5.51. The molecule has 96 valence electrons. The highest BCUT2D eigenvalue weighted by atomic mass is 35.5. The molecule has 1 N–H and O–H groups in total. The minimum atomic E-state index is -0.613. The van der Waals surface area contributed by atoms with E-state index in [0.29, 0.717) is 0 Å². The van der Waals surface area contributed by atoms with E-state index in [9.17, 15) is 5.11 Å². The first kappa shape index (κ1) is 14.3. The van der Waals surface area contributed by atoms with Crippen LogP contribution in [0, 0.1) is 6.92 Å². The number of ether oxygens (including phenoxy) is 1. The van der Waals surface area contributed by atoms with Crippen LogP contribution in [0.5, 0.6) is 5.75 Å². The van der Waals surface area contributed by atoms with E-state index in [2.05, 4.69) is 32.9 Å². The number of benzene rings is 1. The number of aliphatic hydroxyl groups excluding tert-OH is 1. The molecule has 17 heavy (non-hydrogen) atoms. The molecular weight excluding hydrogens is 236 g/mol. The molecule has 1 unspecified atom stereocenters. The summed E-state index contributed by atoms with van der Waals surface area (Å²) in [6.07, 6.45) is -0.613. The summed E-state index contributed by atoms with van der Waals surface area (Å²) in [6, 6.07) is 6.15. The molecule has 1 atom stereocenters. The quantitative estimate of drug-likeness (QED) is 0.838. The molecule has 0 amide bonds. The van der Waals surface area contributed by atoms with Gasteiger partial charge in [-0.1, -0.05) is 32.9 Å². The fourth-order valence-corrected chi connectivity index (χ4v) is 1.60. The van der Waals surface area contributed by atoms with E-state index in [1.165, 1.54) is 5.56 Å². The Labute approximate surface area is 109 Å². The van der Waals surface area contributed by atoms with Crippen LogP contribution in [0.2, 0.25) is 0 Å². The predicted octanol–water partition coefficient (Wildman–Crippen LogP) is 3.27. The van der Waals surface area contributed by atoms with Gasteiger partial charge in [-0.2, -0.15) is 0 Å². The largest absolute Gasteiger partial charge is 0.491 e. The number of aryl methyl sites for hydroxylation is 1. The van der Waals surface area contributed by atoms with Crippen molar-refractivity contribution in [2.45, 2.75) is 39.2 Å². The Morgan fingerprint density at radius 2 is 2.00 bits per heavy atom. The van der Waals surface area contributed by atoms with Crippen LogP contribution in [0.15, 0.2) is 18.2 Å². The molecule has 0 fully saturated rings. The molecule has 0 spiro atoms. The van der Waals surface area contributed by atoms with E-state index >= 15 is 0 Å². The van der Waals surface area contributed by atoms with E-state index < -0.39 is 6.10 Å². The predicted molar refractivity (Wildman–Crippen MR) is 72.1 cm³/mol. The summed E-state index contributed by atoms with van der Waals surface area (Å²) in [6.45, 7) is 8.79. The van der Waals surface area contributed by atoms with Crippen molar-refractivity contribution in [3.8, 4) is 5.75 Å². The number of halogens is 1. The van der Waals surface area contributed by atoms with Crippen molar-refractivity contribution in [1.82, 2.24) is 0 Å². The van der Waals surface area contributed by atoms with E-state index in [1.807, 2.05) is 13.0 Å². The van der Waals surface area contributed by atoms with E-state index in [1.54, 1.807) is 0 Å². The Kier molecular flexibility index (Phi) is 4.84. The lowest BCUT2D eigenvalue weighted by Crippen LogP contribution is -2.19. The molecule has 0 heterocycles. The molecule has 0 aliphatic heterocycles. The van der Waals surface area contributed by atoms with Gasteiger partial charge in [-0.3, -0.25) is 0 Å². The molecule has 0 saturated heterocycles. The van der Waals surface area contributed by atoms with Gasteiger partial charge in [0.1, 0.15) is 18.5 Å². The van der Waals surface area contributed by atoms with Gasteiger partial charge in [0.05, 0.1) is 5.88 Å². The van der Waals surface area contributed by atoms with E-state index in [4.69, 9.17) is 16.3 Å². The zero-order valence-electron chi connectivity index (χ0n) is 11.0. The van der Waals surface area contributed by atoms with Crippen molar-refractivity contribution < 1.29 is 9.84 Å². The third kappa shape index (κ3) is 4.21. The molecule has 0 saturated carbocycles. The van der Waals surface area contributed by atoms with Gasteiger partial charge in [-0.05, 0) is 29.5 Å². The molecule has 0 bridgehead atoms. The Bertz CT molecular complexity index is 369. The van der Waals surface area contributed by atoms with Crippen molar-refractivity contribution in [2.75, 3.05) is 12.5 Å². The van der Waals surface area contributed by atoms with Crippen LogP contribution in [0.3, 0.4) is 0 Å². The number of rotatable bonds is 4. The number of alkyl halides is 1. The molecule has 1 rings (SSSR count). The smallest absolute Gasteiger partial charge is 0.122 e. The fourth-order valence-electron chi connectivity index (χ4n) is 1.51. The van der Waals surface area contributed by atoms with Gasteiger partial charge < -0.3 is 9.84 Å². The first-order chi connectivity index (χ1) is 7.84. The highest BCUT2D eigenvalue weighted by Gasteiger charge is 2.15. The van der Waals surface area contributed by atoms with Crippen molar-refractivity contribution >= 4 is 11.6 Å². The van der Waals surface area contributed by atoms with Crippen molar-refractivity contribution in [1.29, 1.82) is 0 Å². The lowest BCUT2D eigenvalue weighted by molar-refractivity contribution is 0.125. The van der Waals surface area contributed by atoms with Gasteiger partial charge >= 0.3 is 0 Å². The van der Waals surface area contributed by atoms with Crippen LogP contribution in [0.1, 0.15) is 31.9 Å². The average Bonchev–Trinajstić information content (AvgIpc) is 2.25. The van der Waals surface area contributed by atoms with Crippen LogP contribution in [0.4, 0.5) is 0 Å². The Balaban J connectivity index is 2.77. The third-order valence-corrected chi connectivity index (χ3v) is 3.01. The van der Waals surface area contributed by atoms with Crippen molar-refractivity contribution in [3.63, 3.8) is 0 Å². The molecule has 1 aromatic rings. The normalized spacial score (nSPS) is 13.5. The maximum Gasteiger partial charge on any atom is 0.122 e. The Hall–Kier alpha value is -0.730. The second kappa shape index (κ2) is 5.74. The summed E-state index contributed by atoms with van der Waals surface area (Å²) in [4.78, 5) is 0. The highest BCUT2D eigenvalue weighted by molar-refractivity contribution is 6.18. The Morgan fingerprint density at radius 1 is 1.35 bits per heavy atom. The second-order valence-corrected chi connectivity index (χ2v) is 5.66. The zero-order chi connectivity index (χ0) is 13.1. The molecule has 0 aliphatic rings. The summed E-state index contributed by atoms with van der Waals surface area (Å²) in [5.74, 6) is 1.00. The van der Waals surface area contributed by atoms with Crippen molar-refractivity contribution in [3.05, 3.63) is 29.3 Å². The minimum absolute atomic E-state index is 0.138. The first-order valence-electron chi connectivity index (χ1n) is 5.82. The van der Waals surface area contributed by atoms with Gasteiger partial charge in [0.25, 0.3) is 0 Å². The van der Waals surface area contributed by atoms with Gasteiger partial charge in [0.15, 0.2) is 0 Å². The monoisotopic (exact) mass is 256 g/mol. The Morgan fingerprint density at radius 3 is 2.47 bits per heavy atom. The molecule has 0 aliphatic carbocycles. The number of hydrogen-bond acceptors (Lipinski definition) is 2. The summed E-state index contributed by atoms with van der Waals surface area (Å²) < 4.78 is 5.52. The minimum Gasteiger partial charge on any atom is -0.491 e. The molecule has 1 aromatic carbocycles. The second-order valence-electron chi connectivity index (χ2n) is 5.35. The lowest BCUT2D eigenvalue weighted by Gasteiger charge is -2.21. The molecular formula is C14H21ClO2. The molecule has 0 radical (unpaired) electrons. The summed E-state index contributed by atoms with van der Waals surface area (Å²) in [5, 5.41) is 9.34. The van der Waals surface area contributed by atoms with E-state index in [-0.39, 0.29) is 17.9 Å². The zero-order valence-corrected chi connectivity index (χ0v) is 11.7. The van der Waals surface area contributed by atoms with Gasteiger partial charge in [-0.15, -0.1) is 11.6 Å². The number of hydrogen-bond donors (Lipinski definition) is 1. The SMILES string of the molecule is Cc1cc(C(C)(C)C)ccc1OCC(O)CCl. The molecule has 3 heteroatoms. The topological polar surface area (TPSA) is 29.5 Å². The molecule has 2 nitrogen and oxygen atoms in total. The average molecular weight is 257 g/mol. The van der Waals surface area contributed by atoms with Gasteiger partial charge in [-0.25, -0.2) is 0 Å². The standard InChI is InChI=1S/C14H21ClO2/c1-10-7-11(14(2,3)4)5-6-13(10)17-9-12(16)8-15/h5-7,12,16H,8-9H2,1-4H3. The highest BCUT2D eigenvalue weighted by Crippen LogP contribution is 2.27. The van der Waals surface area contributed by atoms with Crippen LogP contribution in [0.25, 0.3) is 0 Å². The third-order valence-electron chi connectivity index (χ3n) is 2.65. The van der Waals surface area contributed by atoms with E-state index in [0.717, 1.165) is 11.3 Å². The van der Waals surface area contributed by atoms with Crippen LogP contribution in [-0.2, 0) is 5.41 Å². The maximum atomic E-state index is 9.34. The summed E-state index contributed by atoms with van der Waals surface area (Å²) in [7, 11) is 0. The van der Waals surface area contributed by atoms with Gasteiger partial charge in [0.2, 0.25) is 0 Å². The van der Waals surface area contributed by atoms with Crippen LogP contribution in [-0.4, -0.2) is 23.7 Å². The maximum absolute atomic E-state index is 9.34. The van der Waals surface area contributed by atoms with Crippen LogP contribution >= 0.6 is 11.6 Å².